The van der Waals surface area contributed by atoms with Crippen molar-refractivity contribution in [2.24, 2.45) is 0 Å². The highest BCUT2D eigenvalue weighted by Crippen LogP contribution is 2.48. The Balaban J connectivity index is 1.28. The van der Waals surface area contributed by atoms with Crippen molar-refractivity contribution in [3.63, 3.8) is 0 Å². The van der Waals surface area contributed by atoms with E-state index < -0.39 is 0 Å². The average molecular weight is 510 g/mol. The summed E-state index contributed by atoms with van der Waals surface area (Å²) in [4.78, 5) is 0. The smallest absolute Gasteiger partial charge is 0.135 e. The highest BCUT2D eigenvalue weighted by Gasteiger charge is 2.21. The molecule has 1 aromatic heterocycles. The minimum Gasteiger partial charge on any atom is -0.456 e. The first kappa shape index (κ1) is 21.6. The van der Waals surface area contributed by atoms with E-state index in [2.05, 4.69) is 132 Å². The van der Waals surface area contributed by atoms with Gasteiger partial charge in [0, 0.05) is 27.4 Å². The molecule has 0 atom stereocenters. The molecule has 2 heterocycles. The number of fused-ring (bicyclic) bond motifs is 6. The van der Waals surface area contributed by atoms with Crippen LogP contribution >= 0.6 is 0 Å². The number of benzene rings is 7. The Labute approximate surface area is 231 Å². The lowest BCUT2D eigenvalue weighted by atomic mass is 9.90. The van der Waals surface area contributed by atoms with Gasteiger partial charge in [0.15, 0.2) is 0 Å². The lowest BCUT2D eigenvalue weighted by molar-refractivity contribution is 0.487. The van der Waals surface area contributed by atoms with Crippen molar-refractivity contribution >= 4 is 43.4 Å². The van der Waals surface area contributed by atoms with E-state index in [9.17, 15) is 0 Å². The first-order valence-corrected chi connectivity index (χ1v) is 13.7. The van der Waals surface area contributed by atoms with Crippen LogP contribution < -0.4 is 4.74 Å². The van der Waals surface area contributed by atoms with Crippen LogP contribution in [0.3, 0.4) is 0 Å². The van der Waals surface area contributed by atoms with Crippen LogP contribution in [0.2, 0.25) is 0 Å². The monoisotopic (exact) mass is 509 g/mol. The summed E-state index contributed by atoms with van der Waals surface area (Å²) < 4.78 is 8.71. The van der Waals surface area contributed by atoms with E-state index in [1.54, 1.807) is 0 Å². The van der Waals surface area contributed by atoms with Crippen molar-refractivity contribution in [3.05, 3.63) is 140 Å². The Morgan fingerprint density at radius 3 is 2.17 bits per heavy atom. The quantitative estimate of drug-likeness (QED) is 0.226. The molecule has 0 amide bonds. The van der Waals surface area contributed by atoms with Crippen LogP contribution in [-0.4, -0.2) is 4.57 Å². The van der Waals surface area contributed by atoms with Gasteiger partial charge >= 0.3 is 0 Å². The molecular formula is C38H23NO. The third-order valence-electron chi connectivity index (χ3n) is 8.36. The van der Waals surface area contributed by atoms with Crippen molar-refractivity contribution in [2.75, 3.05) is 0 Å². The molecule has 0 bridgehead atoms. The Kier molecular flexibility index (Phi) is 4.36. The van der Waals surface area contributed by atoms with Crippen molar-refractivity contribution in [1.29, 1.82) is 0 Å². The third-order valence-corrected chi connectivity index (χ3v) is 8.36. The van der Waals surface area contributed by atoms with Crippen LogP contribution in [0.4, 0.5) is 0 Å². The van der Waals surface area contributed by atoms with Crippen molar-refractivity contribution in [2.45, 2.75) is 0 Å². The van der Waals surface area contributed by atoms with E-state index in [1.165, 1.54) is 65.7 Å². The molecule has 0 radical (unpaired) electrons. The SMILES string of the molecule is c1ccc(-n2c3ccccc3c3cc4cc(-c5ccc6c7c(cccc57)-c5ccccc5O6)ccc4cc32)cc1. The fraction of sp³-hybridized carbons (Fsp3) is 0. The molecular weight excluding hydrogens is 486 g/mol. The van der Waals surface area contributed by atoms with E-state index >= 15 is 0 Å². The molecule has 1 aliphatic heterocycles. The van der Waals surface area contributed by atoms with Crippen molar-refractivity contribution in [1.82, 2.24) is 4.57 Å². The molecule has 0 aliphatic carbocycles. The molecule has 0 unspecified atom stereocenters. The zero-order chi connectivity index (χ0) is 26.2. The molecule has 9 rings (SSSR count). The molecule has 8 aromatic rings. The number of aromatic nitrogens is 1. The number of rotatable bonds is 2. The second-order valence-corrected chi connectivity index (χ2v) is 10.6. The van der Waals surface area contributed by atoms with Gasteiger partial charge in [0.05, 0.1) is 11.0 Å². The van der Waals surface area contributed by atoms with Crippen LogP contribution in [0.1, 0.15) is 0 Å². The minimum absolute atomic E-state index is 0.916. The number of hydrogen-bond donors (Lipinski definition) is 0. The van der Waals surface area contributed by atoms with Crippen LogP contribution in [0, 0.1) is 0 Å². The summed E-state index contributed by atoms with van der Waals surface area (Å²) in [6.45, 7) is 0. The van der Waals surface area contributed by atoms with Gasteiger partial charge in [-0.2, -0.15) is 0 Å². The van der Waals surface area contributed by atoms with Crippen molar-refractivity contribution < 1.29 is 4.74 Å². The number of ether oxygens (including phenoxy) is 1. The maximum atomic E-state index is 6.34. The van der Waals surface area contributed by atoms with Crippen LogP contribution in [-0.2, 0) is 0 Å². The van der Waals surface area contributed by atoms with E-state index in [4.69, 9.17) is 4.74 Å². The molecule has 0 saturated carbocycles. The molecule has 2 heteroatoms. The summed E-state index contributed by atoms with van der Waals surface area (Å²) in [5.74, 6) is 1.84. The Morgan fingerprint density at radius 1 is 0.425 bits per heavy atom. The number of nitrogens with zero attached hydrogens (tertiary/aromatic N) is 1. The predicted molar refractivity (Wildman–Crippen MR) is 167 cm³/mol. The van der Waals surface area contributed by atoms with Gasteiger partial charge in [0.25, 0.3) is 0 Å². The van der Waals surface area contributed by atoms with Crippen molar-refractivity contribution in [3.8, 4) is 39.4 Å². The summed E-state index contributed by atoms with van der Waals surface area (Å²) in [6, 6.07) is 50.1. The molecule has 40 heavy (non-hydrogen) atoms. The molecule has 0 spiro atoms. The Bertz CT molecular complexity index is 2290. The van der Waals surface area contributed by atoms with Crippen LogP contribution in [0.25, 0.3) is 71.3 Å². The third kappa shape index (κ3) is 2.99. The highest BCUT2D eigenvalue weighted by atomic mass is 16.5. The molecule has 0 N–H and O–H groups in total. The lowest BCUT2D eigenvalue weighted by Gasteiger charge is -2.22. The topological polar surface area (TPSA) is 14.2 Å². The van der Waals surface area contributed by atoms with Gasteiger partial charge < -0.3 is 9.30 Å². The molecule has 7 aromatic carbocycles. The molecule has 1 aliphatic rings. The Morgan fingerprint density at radius 2 is 1.23 bits per heavy atom. The number of para-hydroxylation sites is 3. The second kappa shape index (κ2) is 8.08. The Hall–Kier alpha value is -5.34. The van der Waals surface area contributed by atoms with Gasteiger partial charge in [0.1, 0.15) is 11.5 Å². The maximum absolute atomic E-state index is 6.34. The lowest BCUT2D eigenvalue weighted by Crippen LogP contribution is -1.97. The van der Waals surface area contributed by atoms with Crippen LogP contribution in [0.15, 0.2) is 140 Å². The fourth-order valence-corrected chi connectivity index (χ4v) is 6.57. The fourth-order valence-electron chi connectivity index (χ4n) is 6.57. The summed E-state index contributed by atoms with van der Waals surface area (Å²) in [5.41, 5.74) is 8.43. The zero-order valence-electron chi connectivity index (χ0n) is 21.6. The van der Waals surface area contributed by atoms with E-state index in [1.807, 2.05) is 12.1 Å². The predicted octanol–water partition coefficient (Wildman–Crippen LogP) is 10.5. The van der Waals surface area contributed by atoms with Gasteiger partial charge in [-0.15, -0.1) is 0 Å². The van der Waals surface area contributed by atoms with E-state index in [-0.39, 0.29) is 0 Å². The number of hydrogen-bond acceptors (Lipinski definition) is 1. The largest absolute Gasteiger partial charge is 0.456 e. The molecule has 0 saturated heterocycles. The summed E-state index contributed by atoms with van der Waals surface area (Å²) in [6.07, 6.45) is 0. The minimum atomic E-state index is 0.916. The van der Waals surface area contributed by atoms with Gasteiger partial charge in [-0.1, -0.05) is 91.0 Å². The van der Waals surface area contributed by atoms with Gasteiger partial charge in [-0.05, 0) is 81.4 Å². The standard InChI is InChI=1S/C38H23NO/c1-2-9-27(10-3-1)39-34-15-6-4-11-29(34)33-22-26-21-25(18-17-24(26)23-35(33)39)28-19-20-37-38-31(28)13-8-14-32(38)30-12-5-7-16-36(30)40-37/h1-23H. The maximum Gasteiger partial charge on any atom is 0.135 e. The normalized spacial score (nSPS) is 12.2. The van der Waals surface area contributed by atoms with Gasteiger partial charge in [-0.25, -0.2) is 0 Å². The summed E-state index contributed by atoms with van der Waals surface area (Å²) >= 11 is 0. The first-order chi connectivity index (χ1) is 19.8. The van der Waals surface area contributed by atoms with E-state index in [0.717, 1.165) is 17.1 Å². The van der Waals surface area contributed by atoms with E-state index in [0.29, 0.717) is 0 Å². The average Bonchev–Trinajstić information content (AvgIpc) is 3.33. The summed E-state index contributed by atoms with van der Waals surface area (Å²) in [5, 5.41) is 7.40. The van der Waals surface area contributed by atoms with Gasteiger partial charge in [-0.3, -0.25) is 0 Å². The summed E-state index contributed by atoms with van der Waals surface area (Å²) in [7, 11) is 0. The molecule has 2 nitrogen and oxygen atoms in total. The van der Waals surface area contributed by atoms with Gasteiger partial charge in [0.2, 0.25) is 0 Å². The highest BCUT2D eigenvalue weighted by molar-refractivity contribution is 6.15. The van der Waals surface area contributed by atoms with Crippen LogP contribution in [0.5, 0.6) is 11.5 Å². The first-order valence-electron chi connectivity index (χ1n) is 13.7. The molecule has 186 valence electrons. The molecule has 0 fully saturated rings. The zero-order valence-corrected chi connectivity index (χ0v) is 21.6. The second-order valence-electron chi connectivity index (χ2n) is 10.6.